The fourth-order valence-corrected chi connectivity index (χ4v) is 1.85. The van der Waals surface area contributed by atoms with Crippen LogP contribution in [0.2, 0.25) is 0 Å². The van der Waals surface area contributed by atoms with Crippen LogP contribution < -0.4 is 16.0 Å². The molecule has 0 amide bonds. The molecule has 0 bridgehead atoms. The molecule has 94 valence electrons. The topological polar surface area (TPSA) is 73.1 Å². The first kappa shape index (κ1) is 12.5. The minimum atomic E-state index is -0.152. The fourth-order valence-electron chi connectivity index (χ4n) is 1.85. The molecule has 0 aliphatic heterocycles. The first-order valence-electron chi connectivity index (χ1n) is 5.62. The summed E-state index contributed by atoms with van der Waals surface area (Å²) >= 11 is 0. The lowest BCUT2D eigenvalue weighted by Gasteiger charge is -2.18. The van der Waals surface area contributed by atoms with Gasteiger partial charge in [-0.2, -0.15) is 0 Å². The number of hydrazine groups is 1. The number of nitrogens with zero attached hydrogens (tertiary/aromatic N) is 2. The molecule has 18 heavy (non-hydrogen) atoms. The third-order valence-corrected chi connectivity index (χ3v) is 2.86. The monoisotopic (exact) mass is 244 g/mol. The minimum Gasteiger partial charge on any atom is -0.495 e. The van der Waals surface area contributed by atoms with Gasteiger partial charge in [0, 0.05) is 18.6 Å². The quantitative estimate of drug-likeness (QED) is 0.627. The van der Waals surface area contributed by atoms with Crippen molar-refractivity contribution >= 4 is 0 Å². The molecular formula is C13H16N4O. The number of methoxy groups -OCH3 is 1. The summed E-state index contributed by atoms with van der Waals surface area (Å²) in [6, 6.07) is 3.71. The summed E-state index contributed by atoms with van der Waals surface area (Å²) in [4.78, 5) is 8.27. The van der Waals surface area contributed by atoms with Crippen LogP contribution in [0.1, 0.15) is 22.7 Å². The van der Waals surface area contributed by atoms with Gasteiger partial charge in [-0.25, -0.2) is 5.43 Å². The molecule has 0 fully saturated rings. The standard InChI is InChI=1S/C13H16N4O/c1-9-3-4-15-8-12(9)13(17-14)10-5-11(18-2)7-16-6-10/h3-8,13,17H,14H2,1-2H3. The molecule has 0 aliphatic rings. The molecule has 2 rings (SSSR count). The van der Waals surface area contributed by atoms with E-state index in [9.17, 15) is 0 Å². The van der Waals surface area contributed by atoms with E-state index in [-0.39, 0.29) is 6.04 Å². The molecular weight excluding hydrogens is 228 g/mol. The smallest absolute Gasteiger partial charge is 0.137 e. The van der Waals surface area contributed by atoms with Gasteiger partial charge in [-0.05, 0) is 35.7 Å². The summed E-state index contributed by atoms with van der Waals surface area (Å²) in [5.74, 6) is 6.35. The molecule has 0 saturated carbocycles. The summed E-state index contributed by atoms with van der Waals surface area (Å²) in [5.41, 5.74) is 5.87. The highest BCUT2D eigenvalue weighted by molar-refractivity contribution is 5.36. The lowest BCUT2D eigenvalue weighted by atomic mass is 9.98. The Morgan fingerprint density at radius 2 is 2.11 bits per heavy atom. The number of hydrogen-bond acceptors (Lipinski definition) is 5. The van der Waals surface area contributed by atoms with Gasteiger partial charge in [0.25, 0.3) is 0 Å². The molecule has 2 aromatic rings. The van der Waals surface area contributed by atoms with Gasteiger partial charge in [0.05, 0.1) is 19.3 Å². The maximum Gasteiger partial charge on any atom is 0.137 e. The summed E-state index contributed by atoms with van der Waals surface area (Å²) in [7, 11) is 1.61. The Kier molecular flexibility index (Phi) is 3.86. The maximum atomic E-state index is 5.65. The number of aryl methyl sites for hydroxylation is 1. The number of nitrogens with one attached hydrogen (secondary N) is 1. The van der Waals surface area contributed by atoms with Crippen molar-refractivity contribution in [3.63, 3.8) is 0 Å². The van der Waals surface area contributed by atoms with Crippen molar-refractivity contribution in [1.29, 1.82) is 0 Å². The zero-order valence-electron chi connectivity index (χ0n) is 10.4. The van der Waals surface area contributed by atoms with Gasteiger partial charge in [0.15, 0.2) is 0 Å². The molecule has 1 unspecified atom stereocenters. The molecule has 0 saturated heterocycles. The Hall–Kier alpha value is -1.98. The van der Waals surface area contributed by atoms with Gasteiger partial charge in [-0.15, -0.1) is 0 Å². The highest BCUT2D eigenvalue weighted by atomic mass is 16.5. The summed E-state index contributed by atoms with van der Waals surface area (Å²) in [6.07, 6.45) is 6.99. The molecule has 3 N–H and O–H groups in total. The van der Waals surface area contributed by atoms with Crippen LogP contribution in [0.15, 0.2) is 36.9 Å². The van der Waals surface area contributed by atoms with E-state index >= 15 is 0 Å². The Balaban J connectivity index is 2.42. The van der Waals surface area contributed by atoms with E-state index in [1.807, 2.05) is 19.1 Å². The Labute approximate surface area is 106 Å². The van der Waals surface area contributed by atoms with Gasteiger partial charge < -0.3 is 4.74 Å². The second kappa shape index (κ2) is 5.57. The first-order valence-corrected chi connectivity index (χ1v) is 5.62. The first-order chi connectivity index (χ1) is 8.76. The third-order valence-electron chi connectivity index (χ3n) is 2.86. The summed E-state index contributed by atoms with van der Waals surface area (Å²) < 4.78 is 5.17. The van der Waals surface area contributed by atoms with Crippen LogP contribution in [0.4, 0.5) is 0 Å². The van der Waals surface area contributed by atoms with Gasteiger partial charge >= 0.3 is 0 Å². The van der Waals surface area contributed by atoms with E-state index in [2.05, 4.69) is 15.4 Å². The van der Waals surface area contributed by atoms with Crippen LogP contribution >= 0.6 is 0 Å². The zero-order valence-corrected chi connectivity index (χ0v) is 10.4. The average Bonchev–Trinajstić information content (AvgIpc) is 2.42. The van der Waals surface area contributed by atoms with E-state index in [0.29, 0.717) is 5.75 Å². The molecule has 5 heteroatoms. The maximum absolute atomic E-state index is 5.65. The predicted octanol–water partition coefficient (Wildman–Crippen LogP) is 1.35. The van der Waals surface area contributed by atoms with Crippen molar-refractivity contribution in [2.75, 3.05) is 7.11 Å². The summed E-state index contributed by atoms with van der Waals surface area (Å²) in [6.45, 7) is 2.02. The zero-order chi connectivity index (χ0) is 13.0. The van der Waals surface area contributed by atoms with E-state index in [4.69, 9.17) is 10.6 Å². The largest absolute Gasteiger partial charge is 0.495 e. The number of ether oxygens (including phenoxy) is 1. The van der Waals surface area contributed by atoms with E-state index in [0.717, 1.165) is 16.7 Å². The molecule has 1 atom stereocenters. The Morgan fingerprint density at radius 1 is 1.28 bits per heavy atom. The number of pyridine rings is 2. The molecule has 0 spiro atoms. The molecule has 2 heterocycles. The Morgan fingerprint density at radius 3 is 2.78 bits per heavy atom. The van der Waals surface area contributed by atoms with Crippen molar-refractivity contribution in [1.82, 2.24) is 15.4 Å². The van der Waals surface area contributed by atoms with E-state index < -0.39 is 0 Å². The molecule has 0 aromatic carbocycles. The van der Waals surface area contributed by atoms with Crippen molar-refractivity contribution in [2.24, 2.45) is 5.84 Å². The second-order valence-corrected chi connectivity index (χ2v) is 3.99. The van der Waals surface area contributed by atoms with Crippen molar-refractivity contribution in [3.05, 3.63) is 53.6 Å². The van der Waals surface area contributed by atoms with E-state index in [1.165, 1.54) is 0 Å². The van der Waals surface area contributed by atoms with Crippen LogP contribution in [0.5, 0.6) is 5.75 Å². The van der Waals surface area contributed by atoms with Crippen LogP contribution in [-0.4, -0.2) is 17.1 Å². The molecule has 0 aliphatic carbocycles. The number of rotatable bonds is 4. The lowest BCUT2D eigenvalue weighted by molar-refractivity contribution is 0.411. The van der Waals surface area contributed by atoms with Crippen LogP contribution in [0.3, 0.4) is 0 Å². The van der Waals surface area contributed by atoms with Crippen molar-refractivity contribution < 1.29 is 4.74 Å². The second-order valence-electron chi connectivity index (χ2n) is 3.99. The predicted molar refractivity (Wildman–Crippen MR) is 68.9 cm³/mol. The van der Waals surface area contributed by atoms with Crippen molar-refractivity contribution in [3.8, 4) is 5.75 Å². The van der Waals surface area contributed by atoms with Gasteiger partial charge in [-0.1, -0.05) is 0 Å². The highest BCUT2D eigenvalue weighted by Crippen LogP contribution is 2.25. The fraction of sp³-hybridized carbons (Fsp3) is 0.231. The number of aromatic nitrogens is 2. The van der Waals surface area contributed by atoms with Gasteiger partial charge in [0.1, 0.15) is 5.75 Å². The van der Waals surface area contributed by atoms with E-state index in [1.54, 1.807) is 31.9 Å². The molecule has 5 nitrogen and oxygen atoms in total. The highest BCUT2D eigenvalue weighted by Gasteiger charge is 2.15. The average molecular weight is 244 g/mol. The van der Waals surface area contributed by atoms with Gasteiger partial charge in [0.2, 0.25) is 0 Å². The number of hydrogen-bond donors (Lipinski definition) is 2. The summed E-state index contributed by atoms with van der Waals surface area (Å²) in [5, 5.41) is 0. The molecule has 0 radical (unpaired) electrons. The van der Waals surface area contributed by atoms with Crippen LogP contribution in [0.25, 0.3) is 0 Å². The lowest BCUT2D eigenvalue weighted by Crippen LogP contribution is -2.29. The third kappa shape index (κ3) is 2.47. The van der Waals surface area contributed by atoms with Crippen LogP contribution in [0, 0.1) is 6.92 Å². The SMILES string of the molecule is COc1cncc(C(NN)c2cnccc2C)c1. The normalized spacial score (nSPS) is 12.2. The minimum absolute atomic E-state index is 0.152. The van der Waals surface area contributed by atoms with Gasteiger partial charge in [-0.3, -0.25) is 15.8 Å². The van der Waals surface area contributed by atoms with Crippen molar-refractivity contribution in [2.45, 2.75) is 13.0 Å². The van der Waals surface area contributed by atoms with Crippen LogP contribution in [-0.2, 0) is 0 Å². The molecule has 2 aromatic heterocycles. The Bertz CT molecular complexity index is 530. The number of nitrogens with two attached hydrogens (primary N) is 1.